The quantitative estimate of drug-likeness (QED) is 0.494. The minimum atomic E-state index is 0.0342. The van der Waals surface area contributed by atoms with Gasteiger partial charge in [-0.15, -0.1) is 0 Å². The molecule has 0 bridgehead atoms. The van der Waals surface area contributed by atoms with Crippen molar-refractivity contribution in [3.8, 4) is 16.9 Å². The van der Waals surface area contributed by atoms with Gasteiger partial charge in [-0.05, 0) is 49.2 Å². The van der Waals surface area contributed by atoms with E-state index in [2.05, 4.69) is 22.2 Å². The Labute approximate surface area is 175 Å². The average Bonchev–Trinajstić information content (AvgIpc) is 3.50. The Kier molecular flexibility index (Phi) is 4.85. The van der Waals surface area contributed by atoms with Crippen molar-refractivity contribution in [3.63, 3.8) is 0 Å². The molecule has 5 nitrogen and oxygen atoms in total. The molecule has 1 amide bonds. The van der Waals surface area contributed by atoms with Gasteiger partial charge in [-0.2, -0.15) is 5.10 Å². The Hall–Kier alpha value is -3.73. The highest BCUT2D eigenvalue weighted by Crippen LogP contribution is 2.32. The molecule has 148 valence electrons. The summed E-state index contributed by atoms with van der Waals surface area (Å²) in [7, 11) is 0. The average molecular weight is 394 g/mol. The van der Waals surface area contributed by atoms with Crippen LogP contribution in [-0.4, -0.2) is 32.1 Å². The highest BCUT2D eigenvalue weighted by atomic mass is 16.2. The number of carbonyl (C=O) groups excluding carboxylic acids is 1. The van der Waals surface area contributed by atoms with E-state index < -0.39 is 0 Å². The van der Waals surface area contributed by atoms with Gasteiger partial charge in [0, 0.05) is 23.9 Å². The highest BCUT2D eigenvalue weighted by molar-refractivity contribution is 5.95. The second kappa shape index (κ2) is 7.95. The molecule has 1 atom stereocenters. The first kappa shape index (κ1) is 18.3. The van der Waals surface area contributed by atoms with Gasteiger partial charge in [0.2, 0.25) is 0 Å². The first-order chi connectivity index (χ1) is 14.8. The molecule has 3 heterocycles. The minimum Gasteiger partial charge on any atom is -0.330 e. The van der Waals surface area contributed by atoms with Crippen LogP contribution in [0, 0.1) is 0 Å². The molecule has 1 unspecified atom stereocenters. The topological polar surface area (TPSA) is 51.0 Å². The lowest BCUT2D eigenvalue weighted by Gasteiger charge is -2.24. The summed E-state index contributed by atoms with van der Waals surface area (Å²) >= 11 is 0. The van der Waals surface area contributed by atoms with Crippen molar-refractivity contribution in [3.05, 3.63) is 103 Å². The molecule has 30 heavy (non-hydrogen) atoms. The van der Waals surface area contributed by atoms with E-state index in [9.17, 15) is 4.79 Å². The molecule has 1 saturated heterocycles. The lowest BCUT2D eigenvalue weighted by Crippen LogP contribution is -2.31. The van der Waals surface area contributed by atoms with Gasteiger partial charge in [-0.25, -0.2) is 4.68 Å². The normalized spacial score (nSPS) is 16.0. The van der Waals surface area contributed by atoms with Crippen molar-refractivity contribution >= 4 is 5.91 Å². The number of amides is 1. The Morgan fingerprint density at radius 2 is 1.77 bits per heavy atom. The number of benzene rings is 2. The summed E-state index contributed by atoms with van der Waals surface area (Å²) in [5.74, 6) is 0.0402. The fourth-order valence-electron chi connectivity index (χ4n) is 4.16. The third-order valence-electron chi connectivity index (χ3n) is 5.59. The molecule has 1 fully saturated rings. The van der Waals surface area contributed by atoms with Crippen LogP contribution < -0.4 is 0 Å². The van der Waals surface area contributed by atoms with E-state index in [1.165, 1.54) is 0 Å². The second-order valence-electron chi connectivity index (χ2n) is 7.46. The predicted molar refractivity (Wildman–Crippen MR) is 116 cm³/mol. The highest BCUT2D eigenvalue weighted by Gasteiger charge is 2.31. The third-order valence-corrected chi connectivity index (χ3v) is 5.59. The largest absolute Gasteiger partial charge is 0.330 e. The minimum absolute atomic E-state index is 0.0342. The monoisotopic (exact) mass is 394 g/mol. The van der Waals surface area contributed by atoms with E-state index in [0.717, 1.165) is 42.0 Å². The zero-order valence-corrected chi connectivity index (χ0v) is 16.6. The zero-order valence-electron chi connectivity index (χ0n) is 16.6. The first-order valence-corrected chi connectivity index (χ1v) is 10.2. The van der Waals surface area contributed by atoms with Crippen molar-refractivity contribution in [2.24, 2.45) is 0 Å². The fraction of sp³-hybridized carbons (Fsp3) is 0.160. The summed E-state index contributed by atoms with van der Waals surface area (Å²) in [4.78, 5) is 19.8. The number of rotatable bonds is 4. The molecule has 1 aliphatic heterocycles. The van der Waals surface area contributed by atoms with Crippen molar-refractivity contribution in [2.75, 3.05) is 6.54 Å². The molecule has 0 aliphatic carbocycles. The van der Waals surface area contributed by atoms with Crippen LogP contribution in [0.1, 0.15) is 34.9 Å². The maximum atomic E-state index is 13.4. The van der Waals surface area contributed by atoms with E-state index >= 15 is 0 Å². The van der Waals surface area contributed by atoms with Crippen LogP contribution in [0.25, 0.3) is 16.9 Å². The van der Waals surface area contributed by atoms with Gasteiger partial charge in [0.05, 0.1) is 29.3 Å². The summed E-state index contributed by atoms with van der Waals surface area (Å²) in [5, 5.41) is 4.51. The van der Waals surface area contributed by atoms with Gasteiger partial charge >= 0.3 is 0 Å². The van der Waals surface area contributed by atoms with Crippen molar-refractivity contribution in [1.82, 2.24) is 19.7 Å². The summed E-state index contributed by atoms with van der Waals surface area (Å²) in [6.45, 7) is 0.751. The van der Waals surface area contributed by atoms with Crippen LogP contribution in [0.3, 0.4) is 0 Å². The van der Waals surface area contributed by atoms with Crippen LogP contribution in [0.2, 0.25) is 0 Å². The summed E-state index contributed by atoms with van der Waals surface area (Å²) in [6.07, 6.45) is 5.51. The third kappa shape index (κ3) is 3.39. The molecular formula is C25H22N4O. The number of nitrogens with zero attached hydrogens (tertiary/aromatic N) is 4. The van der Waals surface area contributed by atoms with Gasteiger partial charge < -0.3 is 4.90 Å². The molecule has 1 aliphatic rings. The van der Waals surface area contributed by atoms with Crippen LogP contribution in [0.15, 0.2) is 91.3 Å². The SMILES string of the molecule is O=C(c1cccc(-n2nccc2-c2ccccc2)c1)N1CCCC1c1ccccn1. The van der Waals surface area contributed by atoms with Crippen LogP contribution in [-0.2, 0) is 0 Å². The van der Waals surface area contributed by atoms with Crippen molar-refractivity contribution in [2.45, 2.75) is 18.9 Å². The van der Waals surface area contributed by atoms with E-state index in [4.69, 9.17) is 0 Å². The molecular weight excluding hydrogens is 372 g/mol. The van der Waals surface area contributed by atoms with Gasteiger partial charge in [0.1, 0.15) is 0 Å². The number of aromatic nitrogens is 3. The molecule has 2 aromatic heterocycles. The number of likely N-dealkylation sites (tertiary alicyclic amines) is 1. The molecule has 5 heteroatoms. The zero-order chi connectivity index (χ0) is 20.3. The van der Waals surface area contributed by atoms with Gasteiger partial charge in [-0.3, -0.25) is 9.78 Å². The Morgan fingerprint density at radius 1 is 0.900 bits per heavy atom. The van der Waals surface area contributed by atoms with Gasteiger partial charge in [0.25, 0.3) is 5.91 Å². The Balaban J connectivity index is 1.46. The van der Waals surface area contributed by atoms with Crippen LogP contribution in [0.4, 0.5) is 0 Å². The van der Waals surface area contributed by atoms with Crippen LogP contribution in [0.5, 0.6) is 0 Å². The number of carbonyl (C=O) groups is 1. The molecule has 0 radical (unpaired) electrons. The van der Waals surface area contributed by atoms with Crippen LogP contribution >= 0.6 is 0 Å². The Morgan fingerprint density at radius 3 is 2.60 bits per heavy atom. The summed E-state index contributed by atoms with van der Waals surface area (Å²) < 4.78 is 1.88. The lowest BCUT2D eigenvalue weighted by atomic mass is 10.1. The van der Waals surface area contributed by atoms with E-state index in [1.807, 2.05) is 76.3 Å². The smallest absolute Gasteiger partial charge is 0.254 e. The Bertz CT molecular complexity index is 1150. The molecule has 0 spiro atoms. The van der Waals surface area contributed by atoms with E-state index in [-0.39, 0.29) is 11.9 Å². The predicted octanol–water partition coefficient (Wildman–Crippen LogP) is 4.91. The number of hydrogen-bond donors (Lipinski definition) is 0. The maximum Gasteiger partial charge on any atom is 0.254 e. The van der Waals surface area contributed by atoms with E-state index in [1.54, 1.807) is 12.4 Å². The molecule has 2 aromatic carbocycles. The van der Waals surface area contributed by atoms with Gasteiger partial charge in [0.15, 0.2) is 0 Å². The van der Waals surface area contributed by atoms with Crippen molar-refractivity contribution in [1.29, 1.82) is 0 Å². The number of pyridine rings is 1. The van der Waals surface area contributed by atoms with E-state index in [0.29, 0.717) is 5.56 Å². The molecule has 0 saturated carbocycles. The molecule has 5 rings (SSSR count). The van der Waals surface area contributed by atoms with Crippen molar-refractivity contribution < 1.29 is 4.79 Å². The standard InChI is InChI=1S/C25H22N4O/c30-25(28-17-7-13-24(28)22-12-4-5-15-26-22)20-10-6-11-21(18-20)29-23(14-16-27-29)19-8-2-1-3-9-19/h1-6,8-12,14-16,18,24H,7,13,17H2. The molecule has 4 aromatic rings. The van der Waals surface area contributed by atoms with Gasteiger partial charge in [-0.1, -0.05) is 42.5 Å². The second-order valence-corrected chi connectivity index (χ2v) is 7.46. The summed E-state index contributed by atoms with van der Waals surface area (Å²) in [5.41, 5.74) is 4.58. The molecule has 0 N–H and O–H groups in total. The maximum absolute atomic E-state index is 13.4. The lowest BCUT2D eigenvalue weighted by molar-refractivity contribution is 0.0733. The fourth-order valence-corrected chi connectivity index (χ4v) is 4.16. The first-order valence-electron chi connectivity index (χ1n) is 10.2. The summed E-state index contributed by atoms with van der Waals surface area (Å²) in [6, 6.07) is 25.8. The number of hydrogen-bond acceptors (Lipinski definition) is 3.